The highest BCUT2D eigenvalue weighted by Gasteiger charge is 2.30. The molecule has 5 nitrogen and oxygen atoms in total. The van der Waals surface area contributed by atoms with Crippen molar-refractivity contribution in [3.8, 4) is 0 Å². The van der Waals surface area contributed by atoms with Crippen LogP contribution in [-0.2, 0) is 4.79 Å². The highest BCUT2D eigenvalue weighted by atomic mass is 16.1. The maximum Gasteiger partial charge on any atom is 0.229 e. The van der Waals surface area contributed by atoms with E-state index in [9.17, 15) is 4.79 Å². The van der Waals surface area contributed by atoms with Gasteiger partial charge in [0.2, 0.25) is 5.91 Å². The van der Waals surface area contributed by atoms with E-state index in [0.717, 1.165) is 0 Å². The van der Waals surface area contributed by atoms with Crippen molar-refractivity contribution in [3.05, 3.63) is 10.4 Å². The molecule has 0 saturated heterocycles. The summed E-state index contributed by atoms with van der Waals surface area (Å²) < 4.78 is 0. The summed E-state index contributed by atoms with van der Waals surface area (Å²) in [5.74, 6) is -0.304. The summed E-state index contributed by atoms with van der Waals surface area (Å²) in [5.41, 5.74) is 12.2. The molecule has 0 unspecified atom stereocenters. The molecule has 0 bridgehead atoms. The molecule has 0 fully saturated rings. The summed E-state index contributed by atoms with van der Waals surface area (Å²) in [7, 11) is 0. The number of carbonyl (C=O) groups is 1. The van der Waals surface area contributed by atoms with E-state index in [1.807, 2.05) is 13.8 Å². The number of hydrogen-bond acceptors (Lipinski definition) is 2. The predicted molar refractivity (Wildman–Crippen MR) is 46.2 cm³/mol. The van der Waals surface area contributed by atoms with Crippen molar-refractivity contribution in [1.82, 2.24) is 0 Å². The third-order valence-corrected chi connectivity index (χ3v) is 1.60. The zero-order chi connectivity index (χ0) is 9.78. The van der Waals surface area contributed by atoms with Crippen LogP contribution in [0.5, 0.6) is 0 Å². The first-order valence-electron chi connectivity index (χ1n) is 3.78. The highest BCUT2D eigenvalue weighted by molar-refractivity contribution is 5.84. The maximum atomic E-state index is 10.9. The molecule has 0 aromatic heterocycles. The lowest BCUT2D eigenvalue weighted by atomic mass is 9.91. The summed E-state index contributed by atoms with van der Waals surface area (Å²) in [5, 5.41) is 3.40. The largest absolute Gasteiger partial charge is 0.369 e. The van der Waals surface area contributed by atoms with Gasteiger partial charge in [-0.1, -0.05) is 19.0 Å². The second-order valence-corrected chi connectivity index (χ2v) is 3.43. The predicted octanol–water partition coefficient (Wildman–Crippen LogP) is 1.59. The molecule has 0 aliphatic rings. The second-order valence-electron chi connectivity index (χ2n) is 3.43. The number of rotatable bonds is 4. The van der Waals surface area contributed by atoms with Gasteiger partial charge in [0.05, 0.1) is 0 Å². The Morgan fingerprint density at radius 2 is 2.25 bits per heavy atom. The molecule has 0 spiro atoms. The van der Waals surface area contributed by atoms with Gasteiger partial charge in [0.25, 0.3) is 0 Å². The Labute approximate surface area is 71.6 Å². The molecule has 0 saturated carbocycles. The number of hydrogen-bond donors (Lipinski definition) is 1. The minimum atomic E-state index is -1.08. The molecule has 0 aliphatic heterocycles. The Morgan fingerprint density at radius 3 is 2.50 bits per heavy atom. The van der Waals surface area contributed by atoms with E-state index in [-0.39, 0.29) is 5.92 Å². The Balaban J connectivity index is 4.62. The number of nitrogens with two attached hydrogens (primary N) is 1. The van der Waals surface area contributed by atoms with Crippen LogP contribution in [0, 0.1) is 5.92 Å². The van der Waals surface area contributed by atoms with Gasteiger partial charge in [-0.2, -0.15) is 0 Å². The Hall–Kier alpha value is -1.22. The van der Waals surface area contributed by atoms with E-state index in [1.165, 1.54) is 0 Å². The Kier molecular flexibility index (Phi) is 3.57. The molecular formula is C7H14N4O. The average Bonchev–Trinajstić information content (AvgIpc) is 1.85. The van der Waals surface area contributed by atoms with E-state index in [4.69, 9.17) is 11.3 Å². The summed E-state index contributed by atoms with van der Waals surface area (Å²) >= 11 is 0. The minimum absolute atomic E-state index is 0.271. The van der Waals surface area contributed by atoms with Gasteiger partial charge in [0.15, 0.2) is 0 Å². The number of azide groups is 1. The number of amides is 1. The lowest BCUT2D eigenvalue weighted by Crippen LogP contribution is -2.39. The van der Waals surface area contributed by atoms with Gasteiger partial charge in [-0.15, -0.1) is 0 Å². The standard InChI is InChI=1S/C7H14N4O/c1-5(2)4-7(3,6(8)12)10-11-9/h5H,4H2,1-3H3,(H2,8,12)/t7-/m0/s1. The van der Waals surface area contributed by atoms with Crippen LogP contribution in [0.3, 0.4) is 0 Å². The summed E-state index contributed by atoms with van der Waals surface area (Å²) in [6.45, 7) is 5.43. The molecule has 5 heteroatoms. The molecule has 2 N–H and O–H groups in total. The Morgan fingerprint density at radius 1 is 1.75 bits per heavy atom. The van der Waals surface area contributed by atoms with E-state index in [0.29, 0.717) is 6.42 Å². The van der Waals surface area contributed by atoms with Crippen LogP contribution in [0.15, 0.2) is 5.11 Å². The van der Waals surface area contributed by atoms with Gasteiger partial charge in [-0.3, -0.25) is 4.79 Å². The summed E-state index contributed by atoms with van der Waals surface area (Å²) in [6.07, 6.45) is 0.479. The van der Waals surface area contributed by atoms with Crippen molar-refractivity contribution in [2.45, 2.75) is 32.7 Å². The maximum absolute atomic E-state index is 10.9. The number of nitrogens with zero attached hydrogens (tertiary/aromatic N) is 3. The monoisotopic (exact) mass is 170 g/mol. The van der Waals surface area contributed by atoms with Crippen molar-refractivity contribution in [2.75, 3.05) is 0 Å². The zero-order valence-electron chi connectivity index (χ0n) is 7.61. The highest BCUT2D eigenvalue weighted by Crippen LogP contribution is 2.20. The lowest BCUT2D eigenvalue weighted by molar-refractivity contribution is -0.123. The van der Waals surface area contributed by atoms with Gasteiger partial charge < -0.3 is 5.73 Å². The first-order chi connectivity index (χ1) is 5.42. The minimum Gasteiger partial charge on any atom is -0.369 e. The summed E-state index contributed by atoms with van der Waals surface area (Å²) in [6, 6.07) is 0. The van der Waals surface area contributed by atoms with Crippen LogP contribution in [-0.4, -0.2) is 11.4 Å². The lowest BCUT2D eigenvalue weighted by Gasteiger charge is -2.21. The van der Waals surface area contributed by atoms with Crippen LogP contribution in [0.25, 0.3) is 10.4 Å². The number of primary amides is 1. The van der Waals surface area contributed by atoms with Crippen LogP contribution in [0.1, 0.15) is 27.2 Å². The fraction of sp³-hybridized carbons (Fsp3) is 0.857. The average molecular weight is 170 g/mol. The smallest absolute Gasteiger partial charge is 0.229 e. The van der Waals surface area contributed by atoms with Gasteiger partial charge in [-0.25, -0.2) is 0 Å². The molecule has 1 amide bonds. The molecule has 0 aromatic rings. The molecule has 0 rings (SSSR count). The molecule has 0 radical (unpaired) electrons. The molecular weight excluding hydrogens is 156 g/mol. The third-order valence-electron chi connectivity index (χ3n) is 1.60. The Bertz CT molecular complexity index is 215. The molecule has 68 valence electrons. The van der Waals surface area contributed by atoms with Crippen molar-refractivity contribution in [1.29, 1.82) is 0 Å². The van der Waals surface area contributed by atoms with Crippen LogP contribution in [0.4, 0.5) is 0 Å². The second kappa shape index (κ2) is 3.97. The van der Waals surface area contributed by atoms with Gasteiger partial charge >= 0.3 is 0 Å². The molecule has 1 atom stereocenters. The van der Waals surface area contributed by atoms with Crippen molar-refractivity contribution in [3.63, 3.8) is 0 Å². The van der Waals surface area contributed by atoms with Crippen molar-refractivity contribution in [2.24, 2.45) is 16.8 Å². The van der Waals surface area contributed by atoms with Crippen LogP contribution < -0.4 is 5.73 Å². The zero-order valence-corrected chi connectivity index (χ0v) is 7.61. The van der Waals surface area contributed by atoms with Crippen LogP contribution >= 0.6 is 0 Å². The number of carbonyl (C=O) groups excluding carboxylic acids is 1. The fourth-order valence-electron chi connectivity index (χ4n) is 1.08. The van der Waals surface area contributed by atoms with E-state index < -0.39 is 11.4 Å². The molecule has 12 heavy (non-hydrogen) atoms. The molecule has 0 aliphatic carbocycles. The van der Waals surface area contributed by atoms with Crippen molar-refractivity contribution >= 4 is 5.91 Å². The third kappa shape index (κ3) is 2.80. The summed E-state index contributed by atoms with van der Waals surface area (Å²) in [4.78, 5) is 13.5. The normalized spacial score (nSPS) is 15.0. The quantitative estimate of drug-likeness (QED) is 0.387. The topological polar surface area (TPSA) is 91.8 Å². The SMILES string of the molecule is CC(C)C[C@](C)(N=[N+]=[N-])C(N)=O. The van der Waals surface area contributed by atoms with Gasteiger partial charge in [0, 0.05) is 4.91 Å². The van der Waals surface area contributed by atoms with Gasteiger partial charge in [-0.05, 0) is 24.8 Å². The van der Waals surface area contributed by atoms with E-state index in [1.54, 1.807) is 6.92 Å². The van der Waals surface area contributed by atoms with E-state index in [2.05, 4.69) is 10.0 Å². The fourth-order valence-corrected chi connectivity index (χ4v) is 1.08. The first kappa shape index (κ1) is 10.8. The molecule has 0 heterocycles. The molecule has 0 aromatic carbocycles. The first-order valence-corrected chi connectivity index (χ1v) is 3.78. The van der Waals surface area contributed by atoms with Gasteiger partial charge in [0.1, 0.15) is 5.54 Å². The van der Waals surface area contributed by atoms with E-state index >= 15 is 0 Å². The van der Waals surface area contributed by atoms with Crippen LogP contribution in [0.2, 0.25) is 0 Å². The van der Waals surface area contributed by atoms with Crippen molar-refractivity contribution < 1.29 is 4.79 Å².